The normalized spacial score (nSPS) is 12.7. The highest BCUT2D eigenvalue weighted by Crippen LogP contribution is 2.40. The molecule has 0 spiro atoms. The summed E-state index contributed by atoms with van der Waals surface area (Å²) < 4.78 is 26.0. The van der Waals surface area contributed by atoms with Crippen molar-refractivity contribution in [3.63, 3.8) is 0 Å². The maximum absolute atomic E-state index is 11.7. The molecule has 0 radical (unpaired) electrons. The summed E-state index contributed by atoms with van der Waals surface area (Å²) in [5.74, 6) is 0.593. The Kier molecular flexibility index (Phi) is 7.09. The lowest BCUT2D eigenvalue weighted by atomic mass is 10.1. The molecule has 8 nitrogen and oxygen atoms in total. The Balaban J connectivity index is 1.90. The Morgan fingerprint density at radius 3 is 2.80 bits per heavy atom. The summed E-state index contributed by atoms with van der Waals surface area (Å²) in [6, 6.07) is 3.45. The predicted molar refractivity (Wildman–Crippen MR) is 88.9 cm³/mol. The Morgan fingerprint density at radius 1 is 1.24 bits per heavy atom. The number of rotatable bonds is 8. The molecular weight excluding hydrogens is 330 g/mol. The van der Waals surface area contributed by atoms with Crippen LogP contribution in [-0.2, 0) is 19.1 Å². The fourth-order valence-corrected chi connectivity index (χ4v) is 2.08. The van der Waals surface area contributed by atoms with Gasteiger partial charge in [-0.15, -0.1) is 0 Å². The van der Waals surface area contributed by atoms with Crippen LogP contribution in [0.15, 0.2) is 18.2 Å². The molecule has 0 fully saturated rings. The van der Waals surface area contributed by atoms with E-state index in [0.29, 0.717) is 49.2 Å². The Morgan fingerprint density at radius 2 is 2.04 bits per heavy atom. The van der Waals surface area contributed by atoms with Gasteiger partial charge in [-0.3, -0.25) is 4.79 Å². The number of esters is 1. The van der Waals surface area contributed by atoms with Gasteiger partial charge in [-0.25, -0.2) is 4.79 Å². The van der Waals surface area contributed by atoms with Crippen LogP contribution in [0.3, 0.4) is 0 Å². The maximum Gasteiger partial charge on any atom is 0.331 e. The molecule has 0 aromatic heterocycles. The van der Waals surface area contributed by atoms with Crippen LogP contribution < -0.4 is 19.5 Å². The highest BCUT2D eigenvalue weighted by Gasteiger charge is 2.17. The maximum atomic E-state index is 11.7. The van der Waals surface area contributed by atoms with Crippen LogP contribution in [0.1, 0.15) is 5.56 Å². The van der Waals surface area contributed by atoms with Gasteiger partial charge in [0.05, 0.1) is 13.7 Å². The third-order valence-electron chi connectivity index (χ3n) is 3.24. The summed E-state index contributed by atoms with van der Waals surface area (Å²) in [5, 5.41) is 2.55. The number of benzene rings is 1. The van der Waals surface area contributed by atoms with Crippen molar-refractivity contribution < 1.29 is 33.3 Å². The molecule has 1 heterocycles. The number of amides is 1. The molecule has 1 aliphatic heterocycles. The number of hydrogen-bond acceptors (Lipinski definition) is 7. The number of ether oxygens (including phenoxy) is 5. The summed E-state index contributed by atoms with van der Waals surface area (Å²) in [5.41, 5.74) is 0.683. The van der Waals surface area contributed by atoms with E-state index < -0.39 is 5.97 Å². The van der Waals surface area contributed by atoms with Crippen LogP contribution in [-0.4, -0.2) is 59.1 Å². The molecule has 2 rings (SSSR count). The molecule has 1 aromatic carbocycles. The summed E-state index contributed by atoms with van der Waals surface area (Å²) in [6.45, 7) is 1.31. The van der Waals surface area contributed by atoms with Gasteiger partial charge in [-0.1, -0.05) is 0 Å². The van der Waals surface area contributed by atoms with Crippen molar-refractivity contribution in [2.75, 3.05) is 47.2 Å². The third kappa shape index (κ3) is 5.68. The lowest BCUT2D eigenvalue weighted by Crippen LogP contribution is -2.31. The molecule has 0 atom stereocenters. The smallest absolute Gasteiger partial charge is 0.331 e. The lowest BCUT2D eigenvalue weighted by Gasteiger charge is -2.20. The molecule has 0 unspecified atom stereocenters. The second-order valence-corrected chi connectivity index (χ2v) is 5.03. The Hall–Kier alpha value is -2.74. The second kappa shape index (κ2) is 9.53. The van der Waals surface area contributed by atoms with Crippen LogP contribution >= 0.6 is 0 Å². The first-order valence-corrected chi connectivity index (χ1v) is 7.72. The first-order valence-electron chi connectivity index (χ1n) is 7.72. The van der Waals surface area contributed by atoms with Gasteiger partial charge in [-0.2, -0.15) is 0 Å². The number of fused-ring (bicyclic) bond motifs is 1. The van der Waals surface area contributed by atoms with Crippen LogP contribution in [0, 0.1) is 0 Å². The van der Waals surface area contributed by atoms with E-state index in [9.17, 15) is 9.59 Å². The zero-order valence-electron chi connectivity index (χ0n) is 14.2. The van der Waals surface area contributed by atoms with E-state index in [1.165, 1.54) is 20.3 Å². The van der Waals surface area contributed by atoms with Crippen molar-refractivity contribution in [1.82, 2.24) is 5.32 Å². The van der Waals surface area contributed by atoms with Crippen molar-refractivity contribution in [1.29, 1.82) is 0 Å². The van der Waals surface area contributed by atoms with Crippen LogP contribution in [0.2, 0.25) is 0 Å². The largest absolute Gasteiger partial charge is 0.493 e. The first kappa shape index (κ1) is 18.6. The van der Waals surface area contributed by atoms with E-state index >= 15 is 0 Å². The molecule has 1 aromatic rings. The van der Waals surface area contributed by atoms with Crippen molar-refractivity contribution in [2.45, 2.75) is 0 Å². The molecule has 0 aliphatic carbocycles. The van der Waals surface area contributed by atoms with E-state index in [-0.39, 0.29) is 12.5 Å². The number of nitrogens with one attached hydrogen (secondary N) is 1. The minimum atomic E-state index is -0.629. The SMILES string of the molecule is COCCNC(=O)COC(=O)/C=C/c1cc(OC)c2c(c1)OCCO2. The predicted octanol–water partition coefficient (Wildman–Crippen LogP) is 0.785. The van der Waals surface area contributed by atoms with Crippen molar-refractivity contribution in [3.8, 4) is 17.2 Å². The van der Waals surface area contributed by atoms with E-state index in [1.807, 2.05) is 0 Å². The highest BCUT2D eigenvalue weighted by molar-refractivity contribution is 5.89. The van der Waals surface area contributed by atoms with Gasteiger partial charge in [0.15, 0.2) is 18.1 Å². The zero-order chi connectivity index (χ0) is 18.1. The minimum Gasteiger partial charge on any atom is -0.493 e. The summed E-state index contributed by atoms with van der Waals surface area (Å²) in [6.07, 6.45) is 2.78. The third-order valence-corrected chi connectivity index (χ3v) is 3.24. The van der Waals surface area contributed by atoms with E-state index in [0.717, 1.165) is 0 Å². The van der Waals surface area contributed by atoms with Gasteiger partial charge in [0.2, 0.25) is 5.75 Å². The lowest BCUT2D eigenvalue weighted by molar-refractivity contribution is -0.143. The number of carbonyl (C=O) groups excluding carboxylic acids is 2. The van der Waals surface area contributed by atoms with Crippen LogP contribution in [0.25, 0.3) is 6.08 Å². The molecule has 25 heavy (non-hydrogen) atoms. The standard InChI is InChI=1S/C17H21NO7/c1-21-6-5-18-15(19)11-25-16(20)4-3-12-9-13(22-2)17-14(10-12)23-7-8-24-17/h3-4,9-10H,5-8,11H2,1-2H3,(H,18,19)/b4-3+. The van der Waals surface area contributed by atoms with Crippen molar-refractivity contribution >= 4 is 18.0 Å². The summed E-state index contributed by atoms with van der Waals surface area (Å²) in [7, 11) is 3.06. The van der Waals surface area contributed by atoms with E-state index in [1.54, 1.807) is 18.2 Å². The number of carbonyl (C=O) groups is 2. The van der Waals surface area contributed by atoms with Crippen LogP contribution in [0.5, 0.6) is 17.2 Å². The van der Waals surface area contributed by atoms with Crippen molar-refractivity contribution in [2.24, 2.45) is 0 Å². The molecule has 0 saturated carbocycles. The average Bonchev–Trinajstić information content (AvgIpc) is 2.64. The fourth-order valence-electron chi connectivity index (χ4n) is 2.08. The molecule has 1 amide bonds. The Bertz CT molecular complexity index is 625. The Labute approximate surface area is 145 Å². The van der Waals surface area contributed by atoms with E-state index in [4.69, 9.17) is 23.7 Å². The van der Waals surface area contributed by atoms with Gasteiger partial charge in [0.1, 0.15) is 13.2 Å². The summed E-state index contributed by atoms with van der Waals surface area (Å²) in [4.78, 5) is 23.1. The molecular formula is C17H21NO7. The van der Waals surface area contributed by atoms with Gasteiger partial charge in [0, 0.05) is 19.7 Å². The van der Waals surface area contributed by atoms with Crippen molar-refractivity contribution in [3.05, 3.63) is 23.8 Å². The highest BCUT2D eigenvalue weighted by atomic mass is 16.6. The molecule has 1 aliphatic rings. The van der Waals surface area contributed by atoms with Gasteiger partial charge in [0.25, 0.3) is 5.91 Å². The van der Waals surface area contributed by atoms with Gasteiger partial charge in [-0.05, 0) is 23.8 Å². The zero-order valence-corrected chi connectivity index (χ0v) is 14.2. The molecule has 136 valence electrons. The first-order chi connectivity index (χ1) is 12.1. The second-order valence-electron chi connectivity index (χ2n) is 5.03. The summed E-state index contributed by atoms with van der Waals surface area (Å²) >= 11 is 0. The number of hydrogen-bond donors (Lipinski definition) is 1. The van der Waals surface area contributed by atoms with Crippen LogP contribution in [0.4, 0.5) is 0 Å². The molecule has 0 saturated heterocycles. The van der Waals surface area contributed by atoms with Gasteiger partial charge >= 0.3 is 5.97 Å². The molecule has 8 heteroatoms. The topological polar surface area (TPSA) is 92.3 Å². The van der Waals surface area contributed by atoms with E-state index in [2.05, 4.69) is 5.32 Å². The molecule has 1 N–H and O–H groups in total. The quantitative estimate of drug-likeness (QED) is 0.420. The minimum absolute atomic E-state index is 0.350. The monoisotopic (exact) mass is 351 g/mol. The number of methoxy groups -OCH3 is 2. The fraction of sp³-hybridized carbons (Fsp3) is 0.412. The molecule has 0 bridgehead atoms. The average molecular weight is 351 g/mol. The van der Waals surface area contributed by atoms with Gasteiger partial charge < -0.3 is 29.0 Å².